The largest absolute Gasteiger partial charge is 0.486 e. The van der Waals surface area contributed by atoms with Gasteiger partial charge in [0.1, 0.15) is 19.3 Å². The second kappa shape index (κ2) is 8.43. The van der Waals surface area contributed by atoms with Crippen LogP contribution in [0.15, 0.2) is 48.5 Å². The molecular weight excluding hydrogens is 370 g/mol. The summed E-state index contributed by atoms with van der Waals surface area (Å²) < 4.78 is 11.5. The molecule has 1 saturated heterocycles. The molecule has 2 heterocycles. The molecule has 0 saturated carbocycles. The molecule has 0 radical (unpaired) electrons. The zero-order chi connectivity index (χ0) is 20.2. The molecule has 4 rings (SSSR count). The summed E-state index contributed by atoms with van der Waals surface area (Å²) in [6.45, 7) is 4.53. The summed E-state index contributed by atoms with van der Waals surface area (Å²) in [6, 6.07) is 15.5. The molecule has 3 amide bonds. The highest BCUT2D eigenvalue weighted by atomic mass is 16.6. The number of rotatable bonds is 6. The van der Waals surface area contributed by atoms with Gasteiger partial charge in [0.25, 0.3) is 0 Å². The monoisotopic (exact) mass is 395 g/mol. The van der Waals surface area contributed by atoms with E-state index in [2.05, 4.69) is 11.4 Å². The summed E-state index contributed by atoms with van der Waals surface area (Å²) in [6.07, 6.45) is -0.249. The van der Waals surface area contributed by atoms with Gasteiger partial charge in [-0.05, 0) is 24.6 Å². The fraction of sp³-hybridized carbons (Fsp3) is 0.364. The maximum Gasteiger partial charge on any atom is 0.320 e. The normalized spacial score (nSPS) is 18.1. The van der Waals surface area contributed by atoms with Gasteiger partial charge in [-0.15, -0.1) is 0 Å². The number of carbonyl (C=O) groups is 2. The fourth-order valence-electron chi connectivity index (χ4n) is 3.58. The lowest BCUT2D eigenvalue weighted by Gasteiger charge is -2.26. The summed E-state index contributed by atoms with van der Waals surface area (Å²) in [5, 5.41) is 2.85. The van der Waals surface area contributed by atoms with Crippen LogP contribution in [0.1, 0.15) is 11.1 Å². The number of hydrogen-bond acceptors (Lipinski definition) is 4. The first kappa shape index (κ1) is 19.1. The van der Waals surface area contributed by atoms with Crippen LogP contribution in [0.25, 0.3) is 0 Å². The van der Waals surface area contributed by atoms with Crippen molar-refractivity contribution in [1.82, 2.24) is 15.1 Å². The van der Waals surface area contributed by atoms with E-state index in [1.807, 2.05) is 49.4 Å². The maximum atomic E-state index is 12.6. The van der Waals surface area contributed by atoms with Crippen molar-refractivity contribution in [3.63, 3.8) is 0 Å². The van der Waals surface area contributed by atoms with Crippen LogP contribution in [-0.4, -0.2) is 60.6 Å². The smallest absolute Gasteiger partial charge is 0.320 e. The minimum absolute atomic E-state index is 0.0489. The SMILES string of the molecule is Cc1cccc(CN2CCN(CC(=O)NC[C@H]3COc4ccccc4O3)C2=O)c1. The molecule has 2 aliphatic rings. The molecule has 7 nitrogen and oxygen atoms in total. The molecule has 7 heteroatoms. The topological polar surface area (TPSA) is 71.1 Å². The van der Waals surface area contributed by atoms with Crippen molar-refractivity contribution < 1.29 is 19.1 Å². The zero-order valence-corrected chi connectivity index (χ0v) is 16.5. The van der Waals surface area contributed by atoms with E-state index in [4.69, 9.17) is 9.47 Å². The first-order chi connectivity index (χ1) is 14.1. The number of fused-ring (bicyclic) bond motifs is 1. The van der Waals surface area contributed by atoms with Gasteiger partial charge in [0, 0.05) is 19.6 Å². The van der Waals surface area contributed by atoms with Crippen LogP contribution in [0.5, 0.6) is 11.5 Å². The predicted molar refractivity (Wildman–Crippen MR) is 108 cm³/mol. The Morgan fingerprint density at radius 1 is 1.10 bits per heavy atom. The Morgan fingerprint density at radius 2 is 1.90 bits per heavy atom. The quantitative estimate of drug-likeness (QED) is 0.814. The zero-order valence-electron chi connectivity index (χ0n) is 16.5. The minimum Gasteiger partial charge on any atom is -0.486 e. The van der Waals surface area contributed by atoms with Crippen LogP contribution in [0.3, 0.4) is 0 Å². The Balaban J connectivity index is 1.23. The summed E-state index contributed by atoms with van der Waals surface area (Å²) in [5.74, 6) is 1.20. The van der Waals surface area contributed by atoms with Gasteiger partial charge in [-0.1, -0.05) is 42.0 Å². The van der Waals surface area contributed by atoms with Gasteiger partial charge in [0.05, 0.1) is 6.54 Å². The van der Waals surface area contributed by atoms with Crippen LogP contribution >= 0.6 is 0 Å². The highest BCUT2D eigenvalue weighted by Crippen LogP contribution is 2.30. The van der Waals surface area contributed by atoms with E-state index < -0.39 is 0 Å². The van der Waals surface area contributed by atoms with Crippen LogP contribution in [0.2, 0.25) is 0 Å². The Hall–Kier alpha value is -3.22. The Bertz CT molecular complexity index is 901. The van der Waals surface area contributed by atoms with Crippen LogP contribution in [-0.2, 0) is 11.3 Å². The molecule has 152 valence electrons. The molecule has 2 aromatic carbocycles. The summed E-state index contributed by atoms with van der Waals surface area (Å²) in [5.41, 5.74) is 2.27. The van der Waals surface area contributed by atoms with Crippen molar-refractivity contribution in [2.45, 2.75) is 19.6 Å². The lowest BCUT2D eigenvalue weighted by atomic mass is 10.1. The van der Waals surface area contributed by atoms with E-state index in [0.29, 0.717) is 44.3 Å². The number of para-hydroxylation sites is 2. The number of hydrogen-bond donors (Lipinski definition) is 1. The van der Waals surface area contributed by atoms with E-state index in [1.54, 1.807) is 9.80 Å². The third-order valence-electron chi connectivity index (χ3n) is 5.07. The number of urea groups is 1. The fourth-order valence-corrected chi connectivity index (χ4v) is 3.58. The maximum absolute atomic E-state index is 12.6. The van der Waals surface area contributed by atoms with Crippen LogP contribution in [0.4, 0.5) is 4.79 Å². The van der Waals surface area contributed by atoms with E-state index in [1.165, 1.54) is 5.56 Å². The second-order valence-electron chi connectivity index (χ2n) is 7.42. The highest BCUT2D eigenvalue weighted by Gasteiger charge is 2.30. The molecule has 2 aliphatic heterocycles. The molecule has 2 aromatic rings. The molecule has 29 heavy (non-hydrogen) atoms. The third kappa shape index (κ3) is 4.62. The highest BCUT2D eigenvalue weighted by molar-refractivity contribution is 5.85. The average Bonchev–Trinajstić information content (AvgIpc) is 3.05. The van der Waals surface area contributed by atoms with Crippen LogP contribution in [0, 0.1) is 6.92 Å². The van der Waals surface area contributed by atoms with Crippen LogP contribution < -0.4 is 14.8 Å². The molecule has 1 atom stereocenters. The number of aryl methyl sites for hydroxylation is 1. The second-order valence-corrected chi connectivity index (χ2v) is 7.42. The van der Waals surface area contributed by atoms with E-state index in [-0.39, 0.29) is 24.6 Å². The van der Waals surface area contributed by atoms with Crippen molar-refractivity contribution in [2.75, 3.05) is 32.8 Å². The number of carbonyl (C=O) groups excluding carboxylic acids is 2. The van der Waals surface area contributed by atoms with Crippen molar-refractivity contribution >= 4 is 11.9 Å². The van der Waals surface area contributed by atoms with Crippen molar-refractivity contribution in [3.8, 4) is 11.5 Å². The van der Waals surface area contributed by atoms with Crippen molar-refractivity contribution in [2.24, 2.45) is 0 Å². The van der Waals surface area contributed by atoms with Crippen molar-refractivity contribution in [1.29, 1.82) is 0 Å². The van der Waals surface area contributed by atoms with Gasteiger partial charge >= 0.3 is 6.03 Å². The Labute approximate surface area is 170 Å². The third-order valence-corrected chi connectivity index (χ3v) is 5.07. The van der Waals surface area contributed by atoms with Gasteiger partial charge in [-0.2, -0.15) is 0 Å². The summed E-state index contributed by atoms with van der Waals surface area (Å²) in [4.78, 5) is 28.3. The van der Waals surface area contributed by atoms with Gasteiger partial charge in [-0.25, -0.2) is 4.79 Å². The first-order valence-electron chi connectivity index (χ1n) is 9.83. The van der Waals surface area contributed by atoms with Gasteiger partial charge in [0.2, 0.25) is 5.91 Å². The number of nitrogens with one attached hydrogen (secondary N) is 1. The number of nitrogens with zero attached hydrogens (tertiary/aromatic N) is 2. The average molecular weight is 395 g/mol. The van der Waals surface area contributed by atoms with Gasteiger partial charge < -0.3 is 24.6 Å². The minimum atomic E-state index is -0.249. The standard InChI is InChI=1S/C22H25N3O4/c1-16-5-4-6-17(11-16)13-24-9-10-25(22(24)27)14-21(26)23-12-18-15-28-19-7-2-3-8-20(19)29-18/h2-8,11,18H,9-10,12-15H2,1H3,(H,23,26)/t18-/m0/s1. The molecule has 0 aliphatic carbocycles. The van der Waals surface area contributed by atoms with Gasteiger partial charge in [-0.3, -0.25) is 4.79 Å². The van der Waals surface area contributed by atoms with Gasteiger partial charge in [0.15, 0.2) is 11.5 Å². The molecule has 0 bridgehead atoms. The molecule has 0 spiro atoms. The van der Waals surface area contributed by atoms with E-state index in [9.17, 15) is 9.59 Å². The Morgan fingerprint density at radius 3 is 2.72 bits per heavy atom. The molecule has 0 unspecified atom stereocenters. The lowest BCUT2D eigenvalue weighted by Crippen LogP contribution is -2.45. The molecule has 0 aromatic heterocycles. The molecule has 1 N–H and O–H groups in total. The Kier molecular flexibility index (Phi) is 5.55. The number of amides is 3. The summed E-state index contributed by atoms with van der Waals surface area (Å²) in [7, 11) is 0. The first-order valence-corrected chi connectivity index (χ1v) is 9.83. The van der Waals surface area contributed by atoms with Crippen molar-refractivity contribution in [3.05, 3.63) is 59.7 Å². The van der Waals surface area contributed by atoms with E-state index in [0.717, 1.165) is 5.56 Å². The summed E-state index contributed by atoms with van der Waals surface area (Å²) >= 11 is 0. The molecular formula is C22H25N3O4. The lowest BCUT2D eigenvalue weighted by molar-refractivity contribution is -0.122. The molecule has 1 fully saturated rings. The number of benzene rings is 2. The predicted octanol–water partition coefficient (Wildman–Crippen LogP) is 2.19. The number of ether oxygens (including phenoxy) is 2. The van der Waals surface area contributed by atoms with E-state index >= 15 is 0 Å².